The monoisotopic (exact) mass is 304 g/mol. The summed E-state index contributed by atoms with van der Waals surface area (Å²) in [6.45, 7) is 9.22. The molecular formula is C16H22BFN2O2. The molecule has 3 rings (SSSR count). The Bertz CT molecular complexity index is 569. The van der Waals surface area contributed by atoms with Crippen LogP contribution < -0.4 is 5.32 Å². The minimum atomic E-state index is -0.958. The lowest BCUT2D eigenvalue weighted by molar-refractivity contribution is 0.00578. The maximum Gasteiger partial charge on any atom is 0.525 e. The predicted octanol–water partition coefficient (Wildman–Crippen LogP) is 2.61. The van der Waals surface area contributed by atoms with Gasteiger partial charge in [-0.2, -0.15) is 0 Å². The van der Waals surface area contributed by atoms with Gasteiger partial charge in [-0.1, -0.05) is 6.07 Å². The fraction of sp³-hybridized carbons (Fsp3) is 0.562. The van der Waals surface area contributed by atoms with Crippen molar-refractivity contribution >= 4 is 12.7 Å². The van der Waals surface area contributed by atoms with Crippen LogP contribution in [0.25, 0.3) is 5.57 Å². The van der Waals surface area contributed by atoms with E-state index in [-0.39, 0.29) is 11.6 Å². The fourth-order valence-electron chi connectivity index (χ4n) is 2.66. The van der Waals surface area contributed by atoms with Crippen molar-refractivity contribution in [3.63, 3.8) is 0 Å². The Morgan fingerprint density at radius 2 is 1.91 bits per heavy atom. The Hall–Kier alpha value is -1.24. The van der Waals surface area contributed by atoms with E-state index in [9.17, 15) is 0 Å². The smallest absolute Gasteiger partial charge is 0.398 e. The van der Waals surface area contributed by atoms with Crippen LogP contribution in [-0.2, 0) is 9.31 Å². The summed E-state index contributed by atoms with van der Waals surface area (Å²) in [4.78, 5) is 4.11. The van der Waals surface area contributed by atoms with Crippen LogP contribution in [0.2, 0.25) is 0 Å². The normalized spacial score (nSPS) is 24.9. The zero-order valence-electron chi connectivity index (χ0n) is 13.5. The molecule has 6 heteroatoms. The van der Waals surface area contributed by atoms with Crippen LogP contribution >= 0.6 is 0 Å². The lowest BCUT2D eigenvalue weighted by atomic mass is 9.77. The second kappa shape index (κ2) is 5.44. The van der Waals surface area contributed by atoms with E-state index in [0.29, 0.717) is 5.57 Å². The van der Waals surface area contributed by atoms with Gasteiger partial charge in [0.2, 0.25) is 0 Å². The number of nitrogens with zero attached hydrogens (tertiary/aromatic N) is 1. The first-order valence-corrected chi connectivity index (χ1v) is 7.68. The van der Waals surface area contributed by atoms with E-state index in [1.165, 1.54) is 0 Å². The number of hydrogen-bond acceptors (Lipinski definition) is 4. The molecule has 2 aliphatic heterocycles. The van der Waals surface area contributed by atoms with E-state index >= 15 is 4.39 Å². The summed E-state index contributed by atoms with van der Waals surface area (Å²) in [5.74, 6) is 0.128. The first-order chi connectivity index (χ1) is 10.3. The van der Waals surface area contributed by atoms with Crippen LogP contribution in [0.3, 0.4) is 0 Å². The van der Waals surface area contributed by atoms with Gasteiger partial charge in [0.05, 0.1) is 11.2 Å². The summed E-state index contributed by atoms with van der Waals surface area (Å²) in [5.41, 5.74) is 0.00420. The summed E-state index contributed by atoms with van der Waals surface area (Å²) >= 11 is 0. The third kappa shape index (κ3) is 2.60. The van der Waals surface area contributed by atoms with Crippen molar-refractivity contribution in [3.8, 4) is 0 Å². The average molecular weight is 304 g/mol. The van der Waals surface area contributed by atoms with E-state index in [2.05, 4.69) is 10.3 Å². The molecule has 22 heavy (non-hydrogen) atoms. The predicted molar refractivity (Wildman–Crippen MR) is 84.7 cm³/mol. The molecule has 0 amide bonds. The van der Waals surface area contributed by atoms with Gasteiger partial charge in [0.25, 0.3) is 0 Å². The Kier molecular flexibility index (Phi) is 3.87. The first-order valence-electron chi connectivity index (χ1n) is 7.68. The van der Waals surface area contributed by atoms with Crippen molar-refractivity contribution in [1.82, 2.24) is 10.3 Å². The molecule has 0 atom stereocenters. The molecule has 0 bridgehead atoms. The molecule has 0 saturated carbocycles. The van der Waals surface area contributed by atoms with Gasteiger partial charge in [-0.05, 0) is 44.9 Å². The average Bonchev–Trinajstić information content (AvgIpc) is 2.63. The number of nitrogens with one attached hydrogen (secondary N) is 1. The van der Waals surface area contributed by atoms with Gasteiger partial charge in [0.15, 0.2) is 0 Å². The summed E-state index contributed by atoms with van der Waals surface area (Å²) in [5, 5.41) is 3.19. The van der Waals surface area contributed by atoms with E-state index < -0.39 is 18.3 Å². The molecule has 1 aromatic heterocycles. The molecule has 0 radical (unpaired) electrons. The van der Waals surface area contributed by atoms with E-state index in [1.807, 2.05) is 39.8 Å². The van der Waals surface area contributed by atoms with Crippen LogP contribution in [0.4, 0.5) is 4.39 Å². The van der Waals surface area contributed by atoms with Gasteiger partial charge in [-0.15, -0.1) is 0 Å². The fourth-order valence-corrected chi connectivity index (χ4v) is 2.66. The van der Waals surface area contributed by atoms with Crippen LogP contribution in [0, 0.1) is 5.92 Å². The van der Waals surface area contributed by atoms with Gasteiger partial charge in [0, 0.05) is 31.4 Å². The van der Waals surface area contributed by atoms with Crippen LogP contribution in [0.15, 0.2) is 30.3 Å². The van der Waals surface area contributed by atoms with E-state index in [4.69, 9.17) is 9.31 Å². The molecule has 4 nitrogen and oxygen atoms in total. The van der Waals surface area contributed by atoms with E-state index in [1.54, 1.807) is 12.4 Å². The molecule has 1 N–H and O–H groups in total. The molecule has 2 aliphatic rings. The van der Waals surface area contributed by atoms with Crippen LogP contribution in [0.1, 0.15) is 33.3 Å². The third-order valence-electron chi connectivity index (χ3n) is 4.88. The Balaban J connectivity index is 1.97. The quantitative estimate of drug-likeness (QED) is 0.872. The Morgan fingerprint density at radius 3 is 2.36 bits per heavy atom. The highest BCUT2D eigenvalue weighted by molar-refractivity contribution is 6.55. The molecule has 2 fully saturated rings. The standard InChI is InChI=1S/C16H22BFN2O2/c1-15(2)16(3,4)22-17(21-15)14(18)13(12-9-20-10-12)11-6-5-7-19-8-11/h5-8,12,20H,9-10H2,1-4H3. The number of halogens is 1. The first kappa shape index (κ1) is 15.7. The highest BCUT2D eigenvalue weighted by Gasteiger charge is 2.54. The maximum atomic E-state index is 15.2. The molecule has 0 spiro atoms. The zero-order valence-corrected chi connectivity index (χ0v) is 13.5. The number of aromatic nitrogens is 1. The van der Waals surface area contributed by atoms with Crippen molar-refractivity contribution in [3.05, 3.63) is 35.8 Å². The molecule has 2 saturated heterocycles. The minimum absolute atomic E-state index is 0.128. The SMILES string of the molecule is CC1(C)OB(C(F)=C(c2cccnc2)C2CNC2)OC1(C)C. The molecular weight excluding hydrogens is 282 g/mol. The van der Waals surface area contributed by atoms with Crippen LogP contribution in [0.5, 0.6) is 0 Å². The van der Waals surface area contributed by atoms with Gasteiger partial charge in [-0.25, -0.2) is 4.39 Å². The van der Waals surface area contributed by atoms with Crippen LogP contribution in [-0.4, -0.2) is 36.4 Å². The largest absolute Gasteiger partial charge is 0.525 e. The highest BCUT2D eigenvalue weighted by Crippen LogP contribution is 2.41. The summed E-state index contributed by atoms with van der Waals surface area (Å²) in [7, 11) is -0.958. The maximum absolute atomic E-state index is 15.2. The molecule has 0 unspecified atom stereocenters. The van der Waals surface area contributed by atoms with Gasteiger partial charge in [0.1, 0.15) is 5.73 Å². The van der Waals surface area contributed by atoms with Gasteiger partial charge < -0.3 is 14.6 Å². The number of rotatable bonds is 3. The van der Waals surface area contributed by atoms with Gasteiger partial charge in [-0.3, -0.25) is 4.98 Å². The summed E-state index contributed by atoms with van der Waals surface area (Å²) in [6, 6.07) is 3.70. The van der Waals surface area contributed by atoms with Crippen molar-refractivity contribution in [2.24, 2.45) is 5.92 Å². The number of pyridine rings is 1. The lowest BCUT2D eigenvalue weighted by Crippen LogP contribution is -2.43. The Morgan fingerprint density at radius 1 is 1.27 bits per heavy atom. The summed E-state index contributed by atoms with van der Waals surface area (Å²) < 4.78 is 26.9. The zero-order chi connectivity index (χ0) is 16.0. The summed E-state index contributed by atoms with van der Waals surface area (Å²) in [6.07, 6.45) is 3.38. The van der Waals surface area contributed by atoms with Gasteiger partial charge >= 0.3 is 7.12 Å². The molecule has 0 aliphatic carbocycles. The second-order valence-electron chi connectivity index (χ2n) is 6.95. The molecule has 1 aromatic rings. The minimum Gasteiger partial charge on any atom is -0.398 e. The highest BCUT2D eigenvalue weighted by atomic mass is 19.1. The molecule has 0 aromatic carbocycles. The van der Waals surface area contributed by atoms with Crippen molar-refractivity contribution in [2.75, 3.05) is 13.1 Å². The Labute approximate surface area is 131 Å². The third-order valence-corrected chi connectivity index (χ3v) is 4.88. The van der Waals surface area contributed by atoms with Crippen molar-refractivity contribution < 1.29 is 13.7 Å². The van der Waals surface area contributed by atoms with Crippen molar-refractivity contribution in [2.45, 2.75) is 38.9 Å². The molecule has 3 heterocycles. The molecule has 118 valence electrons. The lowest BCUT2D eigenvalue weighted by Gasteiger charge is -2.32. The van der Waals surface area contributed by atoms with Crippen molar-refractivity contribution in [1.29, 1.82) is 0 Å². The number of hydrogen-bond donors (Lipinski definition) is 1. The second-order valence-corrected chi connectivity index (χ2v) is 6.95. The van der Waals surface area contributed by atoms with E-state index in [0.717, 1.165) is 18.7 Å². The topological polar surface area (TPSA) is 43.4 Å².